The van der Waals surface area contributed by atoms with Crippen LogP contribution in [0.3, 0.4) is 0 Å². The van der Waals surface area contributed by atoms with E-state index in [1.807, 2.05) is 18.2 Å². The average Bonchev–Trinajstić information content (AvgIpc) is 2.39. The van der Waals surface area contributed by atoms with Crippen molar-refractivity contribution < 1.29 is 0 Å². The van der Waals surface area contributed by atoms with Crippen molar-refractivity contribution in [2.45, 2.75) is 6.04 Å². The summed E-state index contributed by atoms with van der Waals surface area (Å²) >= 11 is 12.5. The zero-order valence-corrected chi connectivity index (χ0v) is 12.6. The van der Waals surface area contributed by atoms with Gasteiger partial charge >= 0.3 is 0 Å². The summed E-state index contributed by atoms with van der Waals surface area (Å²) in [6.07, 6.45) is 0. The standard InChI is InChI=1S/C13H20Cl2N4/c1-18-5-7-19(8-6-18)17-12(9-16)13-10(14)3-2-4-11(13)15/h2-4,12,17H,5-9,16H2,1H3. The van der Waals surface area contributed by atoms with Crippen molar-refractivity contribution in [1.82, 2.24) is 15.3 Å². The number of hydrogen-bond donors (Lipinski definition) is 2. The molecule has 19 heavy (non-hydrogen) atoms. The zero-order chi connectivity index (χ0) is 13.8. The lowest BCUT2D eigenvalue weighted by molar-refractivity contribution is 0.0880. The molecule has 1 aliphatic heterocycles. The number of hydrazine groups is 1. The van der Waals surface area contributed by atoms with Crippen LogP contribution in [0.4, 0.5) is 0 Å². The maximum absolute atomic E-state index is 6.24. The van der Waals surface area contributed by atoms with Crippen molar-refractivity contribution in [3.05, 3.63) is 33.8 Å². The van der Waals surface area contributed by atoms with Crippen LogP contribution >= 0.6 is 23.2 Å². The number of hydrogen-bond acceptors (Lipinski definition) is 4. The first-order valence-electron chi connectivity index (χ1n) is 6.45. The van der Waals surface area contributed by atoms with E-state index in [4.69, 9.17) is 28.9 Å². The number of benzene rings is 1. The molecule has 1 heterocycles. The molecule has 0 aliphatic carbocycles. The molecule has 1 atom stereocenters. The van der Waals surface area contributed by atoms with Gasteiger partial charge in [0.25, 0.3) is 0 Å². The highest BCUT2D eigenvalue weighted by atomic mass is 35.5. The van der Waals surface area contributed by atoms with E-state index in [2.05, 4.69) is 22.4 Å². The van der Waals surface area contributed by atoms with Crippen molar-refractivity contribution in [3.8, 4) is 0 Å². The summed E-state index contributed by atoms with van der Waals surface area (Å²) < 4.78 is 0. The molecule has 1 aliphatic rings. The predicted molar refractivity (Wildman–Crippen MR) is 80.5 cm³/mol. The number of rotatable bonds is 4. The molecule has 1 aromatic carbocycles. The van der Waals surface area contributed by atoms with Crippen molar-refractivity contribution in [3.63, 3.8) is 0 Å². The van der Waals surface area contributed by atoms with Gasteiger partial charge in [-0.2, -0.15) is 0 Å². The molecule has 106 valence electrons. The van der Waals surface area contributed by atoms with Crippen LogP contribution in [0.1, 0.15) is 11.6 Å². The van der Waals surface area contributed by atoms with Gasteiger partial charge in [-0.15, -0.1) is 0 Å². The van der Waals surface area contributed by atoms with Crippen LogP contribution < -0.4 is 11.2 Å². The maximum atomic E-state index is 6.24. The molecule has 0 saturated carbocycles. The Balaban J connectivity index is 2.08. The van der Waals surface area contributed by atoms with E-state index in [9.17, 15) is 0 Å². The Morgan fingerprint density at radius 2 is 1.79 bits per heavy atom. The lowest BCUT2D eigenvalue weighted by Crippen LogP contribution is -2.52. The minimum Gasteiger partial charge on any atom is -0.329 e. The van der Waals surface area contributed by atoms with Crippen molar-refractivity contribution in [2.24, 2.45) is 5.73 Å². The van der Waals surface area contributed by atoms with Gasteiger partial charge in [-0.25, -0.2) is 10.4 Å². The molecule has 1 unspecified atom stereocenters. The van der Waals surface area contributed by atoms with Crippen LogP contribution in [-0.4, -0.2) is 49.7 Å². The van der Waals surface area contributed by atoms with E-state index >= 15 is 0 Å². The molecule has 1 saturated heterocycles. The first-order chi connectivity index (χ1) is 9.11. The lowest BCUT2D eigenvalue weighted by atomic mass is 10.1. The van der Waals surface area contributed by atoms with E-state index in [0.717, 1.165) is 31.7 Å². The van der Waals surface area contributed by atoms with E-state index in [0.29, 0.717) is 16.6 Å². The summed E-state index contributed by atoms with van der Waals surface area (Å²) in [6, 6.07) is 5.48. The second-order valence-electron chi connectivity index (χ2n) is 4.84. The summed E-state index contributed by atoms with van der Waals surface area (Å²) in [7, 11) is 2.13. The van der Waals surface area contributed by atoms with Gasteiger partial charge in [0.15, 0.2) is 0 Å². The molecule has 6 heteroatoms. The second kappa shape index (κ2) is 6.88. The fraction of sp³-hybridized carbons (Fsp3) is 0.538. The Bertz CT molecular complexity index is 399. The molecular weight excluding hydrogens is 283 g/mol. The van der Waals surface area contributed by atoms with Gasteiger partial charge in [0, 0.05) is 48.3 Å². The quantitative estimate of drug-likeness (QED) is 0.889. The predicted octanol–water partition coefficient (Wildman–Crippen LogP) is 1.75. The molecule has 4 nitrogen and oxygen atoms in total. The van der Waals surface area contributed by atoms with Crippen molar-refractivity contribution in [2.75, 3.05) is 39.8 Å². The number of nitrogens with two attached hydrogens (primary N) is 1. The fourth-order valence-corrected chi connectivity index (χ4v) is 2.90. The molecule has 1 fully saturated rings. The molecule has 0 spiro atoms. The molecule has 0 aromatic heterocycles. The Labute approximate surface area is 124 Å². The van der Waals surface area contributed by atoms with Crippen LogP contribution in [0.25, 0.3) is 0 Å². The summed E-state index contributed by atoms with van der Waals surface area (Å²) in [6.45, 7) is 4.47. The SMILES string of the molecule is CN1CCN(NC(CN)c2c(Cl)cccc2Cl)CC1. The van der Waals surface area contributed by atoms with E-state index in [1.54, 1.807) is 0 Å². The highest BCUT2D eigenvalue weighted by Crippen LogP contribution is 2.30. The summed E-state index contributed by atoms with van der Waals surface area (Å²) in [4.78, 5) is 2.30. The maximum Gasteiger partial charge on any atom is 0.0616 e. The Morgan fingerprint density at radius 3 is 2.32 bits per heavy atom. The van der Waals surface area contributed by atoms with Gasteiger partial charge in [0.2, 0.25) is 0 Å². The Hall–Kier alpha value is -0.360. The van der Waals surface area contributed by atoms with Gasteiger partial charge in [0.05, 0.1) is 6.04 Å². The summed E-state index contributed by atoms with van der Waals surface area (Å²) in [5, 5.41) is 3.51. The highest BCUT2D eigenvalue weighted by molar-refractivity contribution is 6.36. The molecule has 0 radical (unpaired) electrons. The third-order valence-electron chi connectivity index (χ3n) is 3.43. The lowest BCUT2D eigenvalue weighted by Gasteiger charge is -2.35. The van der Waals surface area contributed by atoms with Gasteiger partial charge < -0.3 is 10.6 Å². The van der Waals surface area contributed by atoms with Crippen molar-refractivity contribution in [1.29, 1.82) is 0 Å². The summed E-state index contributed by atoms with van der Waals surface area (Å²) in [5.74, 6) is 0. The number of halogens is 2. The minimum absolute atomic E-state index is 0.0513. The second-order valence-corrected chi connectivity index (χ2v) is 5.66. The molecular formula is C13H20Cl2N4. The molecule has 3 N–H and O–H groups in total. The molecule has 2 rings (SSSR count). The van der Waals surface area contributed by atoms with Gasteiger partial charge in [-0.05, 0) is 19.2 Å². The average molecular weight is 303 g/mol. The van der Waals surface area contributed by atoms with Gasteiger partial charge in [-0.1, -0.05) is 29.3 Å². The smallest absolute Gasteiger partial charge is 0.0616 e. The Kier molecular flexibility index (Phi) is 5.45. The van der Waals surface area contributed by atoms with E-state index in [1.165, 1.54) is 0 Å². The molecule has 0 amide bonds. The first kappa shape index (κ1) is 15.0. The number of nitrogens with one attached hydrogen (secondary N) is 1. The Morgan fingerprint density at radius 1 is 1.21 bits per heavy atom. The number of likely N-dealkylation sites (N-methyl/N-ethyl adjacent to an activating group) is 1. The molecule has 0 bridgehead atoms. The van der Waals surface area contributed by atoms with E-state index in [-0.39, 0.29) is 6.04 Å². The minimum atomic E-state index is -0.0513. The van der Waals surface area contributed by atoms with Crippen LogP contribution in [0.5, 0.6) is 0 Å². The van der Waals surface area contributed by atoms with Crippen LogP contribution in [-0.2, 0) is 0 Å². The van der Waals surface area contributed by atoms with E-state index < -0.39 is 0 Å². The third kappa shape index (κ3) is 3.81. The third-order valence-corrected chi connectivity index (χ3v) is 4.08. The first-order valence-corrected chi connectivity index (χ1v) is 7.21. The van der Waals surface area contributed by atoms with Gasteiger partial charge in [0.1, 0.15) is 0 Å². The fourth-order valence-electron chi connectivity index (χ4n) is 2.23. The summed E-state index contributed by atoms with van der Waals surface area (Å²) in [5.41, 5.74) is 10.2. The highest BCUT2D eigenvalue weighted by Gasteiger charge is 2.21. The zero-order valence-electron chi connectivity index (χ0n) is 11.1. The van der Waals surface area contributed by atoms with Crippen LogP contribution in [0.2, 0.25) is 10.0 Å². The number of nitrogens with zero attached hydrogens (tertiary/aromatic N) is 2. The molecule has 1 aromatic rings. The monoisotopic (exact) mass is 302 g/mol. The topological polar surface area (TPSA) is 44.5 Å². The van der Waals surface area contributed by atoms with Gasteiger partial charge in [-0.3, -0.25) is 0 Å². The van der Waals surface area contributed by atoms with Crippen LogP contribution in [0, 0.1) is 0 Å². The normalized spacial score (nSPS) is 19.6. The number of piperazine rings is 1. The largest absolute Gasteiger partial charge is 0.329 e. The van der Waals surface area contributed by atoms with Crippen molar-refractivity contribution >= 4 is 23.2 Å². The van der Waals surface area contributed by atoms with Crippen LogP contribution in [0.15, 0.2) is 18.2 Å².